The molecule has 0 aromatic heterocycles. The van der Waals surface area contributed by atoms with Gasteiger partial charge in [-0.3, -0.25) is 5.32 Å². The van der Waals surface area contributed by atoms with Crippen LogP contribution in [0.15, 0.2) is 24.3 Å². The second-order valence-corrected chi connectivity index (χ2v) is 9.75. The van der Waals surface area contributed by atoms with Gasteiger partial charge in [0, 0.05) is 16.1 Å². The van der Waals surface area contributed by atoms with Crippen LogP contribution in [0.4, 0.5) is 0 Å². The summed E-state index contributed by atoms with van der Waals surface area (Å²) in [6, 6.07) is 7.55. The van der Waals surface area contributed by atoms with Crippen molar-refractivity contribution in [3.05, 3.63) is 34.9 Å². The minimum absolute atomic E-state index is 0.196. The second kappa shape index (κ2) is 5.57. The molecule has 2 heterocycles. The maximum absolute atomic E-state index is 7.11. The third kappa shape index (κ3) is 2.87. The largest absolute Gasteiger partial charge is 0.333 e. The predicted molar refractivity (Wildman–Crippen MR) is 97.0 cm³/mol. The molecule has 0 saturated carbocycles. The Morgan fingerprint density at radius 1 is 1.17 bits per heavy atom. The van der Waals surface area contributed by atoms with Crippen LogP contribution in [-0.4, -0.2) is 33.5 Å². The van der Waals surface area contributed by atoms with E-state index in [2.05, 4.69) is 39.9 Å². The lowest BCUT2D eigenvalue weighted by Crippen LogP contribution is -2.59. The lowest BCUT2D eigenvalue weighted by molar-refractivity contribution is -0.325. The van der Waals surface area contributed by atoms with E-state index in [4.69, 9.17) is 32.8 Å². The molecule has 0 unspecified atom stereocenters. The Kier molecular flexibility index (Phi) is 4.28. The summed E-state index contributed by atoms with van der Waals surface area (Å²) >= 11 is 13.2. The van der Waals surface area contributed by atoms with E-state index >= 15 is 0 Å². The summed E-state index contributed by atoms with van der Waals surface area (Å²) in [6.07, 6.45) is 0. The van der Waals surface area contributed by atoms with E-state index in [1.54, 1.807) is 0 Å². The molecule has 0 aliphatic carbocycles. The van der Waals surface area contributed by atoms with Crippen LogP contribution >= 0.6 is 23.2 Å². The number of nitrogens with one attached hydrogen (secondary N) is 1. The van der Waals surface area contributed by atoms with Gasteiger partial charge in [0.1, 0.15) is 4.87 Å². The van der Waals surface area contributed by atoms with Crippen molar-refractivity contribution < 1.29 is 9.57 Å². The summed E-state index contributed by atoms with van der Waals surface area (Å²) in [6.45, 7) is 12.9. The first kappa shape index (κ1) is 18.4. The van der Waals surface area contributed by atoms with Crippen molar-refractivity contribution >= 4 is 23.2 Å². The first-order valence-corrected chi connectivity index (χ1v) is 9.00. The van der Waals surface area contributed by atoms with Gasteiger partial charge in [-0.25, -0.2) is 4.84 Å². The molecule has 2 aliphatic heterocycles. The van der Waals surface area contributed by atoms with Crippen molar-refractivity contribution in [2.45, 2.75) is 69.4 Å². The van der Waals surface area contributed by atoms with Gasteiger partial charge in [0.2, 0.25) is 0 Å². The maximum atomic E-state index is 7.11. The Balaban J connectivity index is 2.09. The topological polar surface area (TPSA) is 33.7 Å². The molecule has 2 fully saturated rings. The quantitative estimate of drug-likeness (QED) is 0.737. The van der Waals surface area contributed by atoms with E-state index in [9.17, 15) is 0 Å². The smallest absolute Gasteiger partial charge is 0.267 e. The third-order valence-electron chi connectivity index (χ3n) is 4.60. The molecule has 6 heteroatoms. The molecular weight excluding hydrogens is 347 g/mol. The normalized spacial score (nSPS) is 36.6. The van der Waals surface area contributed by atoms with Crippen molar-refractivity contribution in [1.29, 1.82) is 0 Å². The first-order chi connectivity index (χ1) is 10.9. The fourth-order valence-corrected chi connectivity index (χ4v) is 3.89. The Morgan fingerprint density at radius 2 is 1.75 bits per heavy atom. The number of halogens is 2. The molecule has 1 N–H and O–H groups in total. The van der Waals surface area contributed by atoms with Gasteiger partial charge in [-0.05, 0) is 59.2 Å². The van der Waals surface area contributed by atoms with Gasteiger partial charge < -0.3 is 4.74 Å². The highest BCUT2D eigenvalue weighted by Crippen LogP contribution is 2.56. The Bertz CT molecular complexity index is 625. The van der Waals surface area contributed by atoms with E-state index in [0.29, 0.717) is 11.6 Å². The number of hydroxylamine groups is 2. The minimum atomic E-state index is -1.07. The number of hydrogen-bond donors (Lipinski definition) is 1. The van der Waals surface area contributed by atoms with E-state index in [1.165, 1.54) is 0 Å². The average molecular weight is 373 g/mol. The number of nitrogens with zero attached hydrogens (tertiary/aromatic N) is 1. The second-order valence-electron chi connectivity index (χ2n) is 8.53. The molecule has 1 aromatic rings. The van der Waals surface area contributed by atoms with Gasteiger partial charge in [-0.1, -0.05) is 23.7 Å². The number of alkyl halides is 1. The number of ether oxygens (including phenoxy) is 1. The van der Waals surface area contributed by atoms with Crippen molar-refractivity contribution in [1.82, 2.24) is 10.4 Å². The molecule has 2 saturated heterocycles. The Hall–Kier alpha value is -0.360. The van der Waals surface area contributed by atoms with Crippen LogP contribution in [0, 0.1) is 0 Å². The molecule has 3 rings (SSSR count). The lowest BCUT2D eigenvalue weighted by Gasteiger charge is -2.36. The lowest BCUT2D eigenvalue weighted by atomic mass is 9.89. The van der Waals surface area contributed by atoms with Crippen molar-refractivity contribution in [3.63, 3.8) is 0 Å². The molecule has 0 bridgehead atoms. The van der Waals surface area contributed by atoms with Gasteiger partial charge in [-0.2, -0.15) is 5.06 Å². The number of hydrogen-bond acceptors (Lipinski definition) is 4. The van der Waals surface area contributed by atoms with Crippen molar-refractivity contribution in [2.24, 2.45) is 0 Å². The standard InChI is InChI=1S/C18H26Cl2N2O2/c1-15(2,3)22-14(12-7-9-13(19)10-8-12)17(6,20)18(24-22)21-16(4,5)11-23-18/h7-10,14,21H,11H2,1-6H3/t14-,17+,18-/m1/s1. The van der Waals surface area contributed by atoms with Gasteiger partial charge in [0.25, 0.3) is 5.91 Å². The highest BCUT2D eigenvalue weighted by atomic mass is 35.5. The van der Waals surface area contributed by atoms with E-state index in [-0.39, 0.29) is 17.1 Å². The van der Waals surface area contributed by atoms with Gasteiger partial charge in [-0.15, -0.1) is 11.6 Å². The SMILES string of the molecule is CC1(C)CO[C@@]2(N1)ON(C(C)(C)C)[C@H](c1ccc(Cl)cc1)[C@]2(C)Cl. The molecule has 3 atom stereocenters. The molecule has 2 aliphatic rings. The molecule has 1 spiro atoms. The zero-order chi connectivity index (χ0) is 18.0. The third-order valence-corrected chi connectivity index (χ3v) is 5.31. The summed E-state index contributed by atoms with van der Waals surface area (Å²) in [5.74, 6) is -1.07. The average Bonchev–Trinajstić information content (AvgIpc) is 2.86. The highest BCUT2D eigenvalue weighted by Gasteiger charge is 2.69. The molecular formula is C18H26Cl2N2O2. The monoisotopic (exact) mass is 372 g/mol. The van der Waals surface area contributed by atoms with Crippen LogP contribution in [0.5, 0.6) is 0 Å². The summed E-state index contributed by atoms with van der Waals surface area (Å²) in [7, 11) is 0. The van der Waals surface area contributed by atoms with Crippen molar-refractivity contribution in [3.8, 4) is 0 Å². The number of rotatable bonds is 1. The van der Waals surface area contributed by atoms with E-state index in [0.717, 1.165) is 5.56 Å². The highest BCUT2D eigenvalue weighted by molar-refractivity contribution is 6.30. The fraction of sp³-hybridized carbons (Fsp3) is 0.667. The molecule has 4 nitrogen and oxygen atoms in total. The van der Waals surface area contributed by atoms with E-state index < -0.39 is 10.8 Å². The van der Waals surface area contributed by atoms with Crippen LogP contribution in [0.2, 0.25) is 5.02 Å². The van der Waals surface area contributed by atoms with Crippen LogP contribution in [-0.2, 0) is 9.57 Å². The van der Waals surface area contributed by atoms with Crippen LogP contribution < -0.4 is 5.32 Å². The first-order valence-electron chi connectivity index (χ1n) is 8.24. The zero-order valence-corrected chi connectivity index (χ0v) is 16.6. The van der Waals surface area contributed by atoms with Crippen LogP contribution in [0.25, 0.3) is 0 Å². The molecule has 0 radical (unpaired) electrons. The molecule has 134 valence electrons. The predicted octanol–water partition coefficient (Wildman–Crippen LogP) is 4.48. The minimum Gasteiger partial charge on any atom is -0.333 e. The van der Waals surface area contributed by atoms with Crippen LogP contribution in [0.3, 0.4) is 0 Å². The van der Waals surface area contributed by atoms with E-state index in [1.807, 2.05) is 36.3 Å². The summed E-state index contributed by atoms with van der Waals surface area (Å²) < 4.78 is 6.10. The molecule has 24 heavy (non-hydrogen) atoms. The van der Waals surface area contributed by atoms with Gasteiger partial charge in [0.15, 0.2) is 0 Å². The summed E-state index contributed by atoms with van der Waals surface area (Å²) in [4.78, 5) is 5.53. The van der Waals surface area contributed by atoms with Gasteiger partial charge in [0.05, 0.1) is 12.6 Å². The fourth-order valence-electron chi connectivity index (χ4n) is 3.41. The summed E-state index contributed by atoms with van der Waals surface area (Å²) in [5.41, 5.74) is 0.565. The Morgan fingerprint density at radius 3 is 2.21 bits per heavy atom. The maximum Gasteiger partial charge on any atom is 0.267 e. The van der Waals surface area contributed by atoms with Crippen molar-refractivity contribution in [2.75, 3.05) is 6.61 Å². The molecule has 0 amide bonds. The summed E-state index contributed by atoms with van der Waals surface area (Å²) in [5, 5.41) is 6.10. The van der Waals surface area contributed by atoms with Gasteiger partial charge >= 0.3 is 0 Å². The molecule has 1 aromatic carbocycles. The Labute approximate surface area is 154 Å². The van der Waals surface area contributed by atoms with Crippen LogP contribution in [0.1, 0.15) is 53.1 Å². The zero-order valence-electron chi connectivity index (χ0n) is 15.1. The number of benzene rings is 1.